The van der Waals surface area contributed by atoms with Gasteiger partial charge in [-0.25, -0.2) is 9.97 Å². The molecular weight excluding hydrogens is 476 g/mol. The van der Waals surface area contributed by atoms with E-state index in [9.17, 15) is 4.79 Å². The normalized spacial score (nSPS) is 14.3. The summed E-state index contributed by atoms with van der Waals surface area (Å²) in [6, 6.07) is 10.1. The van der Waals surface area contributed by atoms with Crippen LogP contribution in [0.2, 0.25) is 0 Å². The smallest absolute Gasteiger partial charge is 0.224 e. The summed E-state index contributed by atoms with van der Waals surface area (Å²) in [5.74, 6) is 0.660. The van der Waals surface area contributed by atoms with Gasteiger partial charge in [-0.1, -0.05) is 26.8 Å². The molecule has 0 radical (unpaired) electrons. The zero-order valence-corrected chi connectivity index (χ0v) is 22.0. The first-order valence-corrected chi connectivity index (χ1v) is 13.2. The summed E-state index contributed by atoms with van der Waals surface area (Å²) in [5.41, 5.74) is 6.91. The van der Waals surface area contributed by atoms with Crippen LogP contribution in [0.15, 0.2) is 48.9 Å². The minimum absolute atomic E-state index is 0.0218. The standard InChI is InChI=1S/C29H32N8O/c1-29(2,3)15-24(38)32-20-13-19(16-30-17-20)18-7-8-22-21(14-18)25(36-35-22)28-33-26-23(9-10-31-27(26)34-28)37-11-5-4-6-12-37/h7-10,13-14,16-17H,4-6,11-12,15H2,1-3H3,(H,32,38)(H,35,36)(H,31,33,34). The Hall–Kier alpha value is -4.27. The molecule has 3 N–H and O–H groups in total. The molecule has 0 bridgehead atoms. The van der Waals surface area contributed by atoms with Gasteiger partial charge in [-0.2, -0.15) is 5.10 Å². The molecule has 0 saturated carbocycles. The highest BCUT2D eigenvalue weighted by molar-refractivity contribution is 5.97. The maximum Gasteiger partial charge on any atom is 0.224 e. The lowest BCUT2D eigenvalue weighted by atomic mass is 9.92. The van der Waals surface area contributed by atoms with E-state index in [0.29, 0.717) is 23.6 Å². The van der Waals surface area contributed by atoms with Crippen LogP contribution in [0.3, 0.4) is 0 Å². The molecule has 1 saturated heterocycles. The first kappa shape index (κ1) is 24.1. The summed E-state index contributed by atoms with van der Waals surface area (Å²) >= 11 is 0. The largest absolute Gasteiger partial charge is 0.370 e. The zero-order chi connectivity index (χ0) is 26.3. The second kappa shape index (κ2) is 9.55. The van der Waals surface area contributed by atoms with E-state index >= 15 is 0 Å². The van der Waals surface area contributed by atoms with Crippen molar-refractivity contribution in [3.8, 4) is 22.6 Å². The number of piperidine rings is 1. The van der Waals surface area contributed by atoms with Crippen molar-refractivity contribution in [2.24, 2.45) is 5.41 Å². The van der Waals surface area contributed by atoms with Crippen LogP contribution >= 0.6 is 0 Å². The average molecular weight is 509 g/mol. The Morgan fingerprint density at radius 3 is 2.71 bits per heavy atom. The average Bonchev–Trinajstić information content (AvgIpc) is 3.51. The van der Waals surface area contributed by atoms with E-state index in [-0.39, 0.29) is 11.3 Å². The number of anilines is 2. The second-order valence-electron chi connectivity index (χ2n) is 11.2. The summed E-state index contributed by atoms with van der Waals surface area (Å²) < 4.78 is 0. The summed E-state index contributed by atoms with van der Waals surface area (Å²) in [6.45, 7) is 8.24. The van der Waals surface area contributed by atoms with Crippen LogP contribution in [0.5, 0.6) is 0 Å². The van der Waals surface area contributed by atoms with E-state index < -0.39 is 0 Å². The number of benzene rings is 1. The Bertz CT molecular complexity index is 1620. The Labute approximate surface area is 221 Å². The molecule has 0 atom stereocenters. The van der Waals surface area contributed by atoms with E-state index in [0.717, 1.165) is 52.0 Å². The van der Waals surface area contributed by atoms with Gasteiger partial charge < -0.3 is 15.2 Å². The Kier molecular flexibility index (Phi) is 6.06. The fraction of sp³-hybridized carbons (Fsp3) is 0.345. The number of aromatic nitrogens is 6. The second-order valence-corrected chi connectivity index (χ2v) is 11.2. The molecule has 5 aromatic rings. The summed E-state index contributed by atoms with van der Waals surface area (Å²) in [5, 5.41) is 11.7. The van der Waals surface area contributed by atoms with E-state index in [1.165, 1.54) is 19.3 Å². The lowest BCUT2D eigenvalue weighted by Gasteiger charge is -2.28. The molecule has 0 aliphatic carbocycles. The number of pyridine rings is 2. The number of carbonyl (C=O) groups excluding carboxylic acids is 1. The van der Waals surface area contributed by atoms with Crippen LogP contribution < -0.4 is 10.2 Å². The predicted octanol–water partition coefficient (Wildman–Crippen LogP) is 5.93. The summed E-state index contributed by atoms with van der Waals surface area (Å²) in [7, 11) is 0. The van der Waals surface area contributed by atoms with Gasteiger partial charge in [0.1, 0.15) is 11.2 Å². The Morgan fingerprint density at radius 2 is 1.89 bits per heavy atom. The maximum atomic E-state index is 12.4. The highest BCUT2D eigenvalue weighted by atomic mass is 16.1. The molecule has 1 amide bonds. The predicted molar refractivity (Wildman–Crippen MR) is 151 cm³/mol. The zero-order valence-electron chi connectivity index (χ0n) is 22.0. The number of rotatable bonds is 5. The molecule has 1 fully saturated rings. The van der Waals surface area contributed by atoms with Crippen LogP contribution in [0.25, 0.3) is 44.7 Å². The molecule has 38 heavy (non-hydrogen) atoms. The van der Waals surface area contributed by atoms with Gasteiger partial charge in [-0.15, -0.1) is 0 Å². The number of hydrogen-bond acceptors (Lipinski definition) is 6. The third-order valence-corrected chi connectivity index (χ3v) is 6.90. The Balaban J connectivity index is 1.33. The number of hydrogen-bond donors (Lipinski definition) is 3. The lowest BCUT2D eigenvalue weighted by molar-refractivity contribution is -0.117. The molecule has 0 unspecified atom stereocenters. The van der Waals surface area contributed by atoms with E-state index in [1.54, 1.807) is 12.4 Å². The number of fused-ring (bicyclic) bond motifs is 2. The fourth-order valence-corrected chi connectivity index (χ4v) is 5.14. The highest BCUT2D eigenvalue weighted by Crippen LogP contribution is 2.33. The SMILES string of the molecule is CC(C)(C)CC(=O)Nc1cncc(-c2ccc3[nH]nc(-c4nc5nccc(N6CCCCC6)c5[nH]4)c3c2)c1. The van der Waals surface area contributed by atoms with Crippen molar-refractivity contribution in [2.75, 3.05) is 23.3 Å². The lowest BCUT2D eigenvalue weighted by Crippen LogP contribution is -2.29. The van der Waals surface area contributed by atoms with Crippen LogP contribution in [0, 0.1) is 5.41 Å². The topological polar surface area (TPSA) is 115 Å². The number of nitrogens with zero attached hydrogens (tertiary/aromatic N) is 5. The third kappa shape index (κ3) is 4.83. The van der Waals surface area contributed by atoms with Crippen LogP contribution in [-0.2, 0) is 4.79 Å². The monoisotopic (exact) mass is 508 g/mol. The molecule has 9 heteroatoms. The van der Waals surface area contributed by atoms with Crippen molar-refractivity contribution in [1.29, 1.82) is 0 Å². The number of nitrogens with one attached hydrogen (secondary N) is 3. The minimum atomic E-state index is -0.0848. The first-order chi connectivity index (χ1) is 18.3. The van der Waals surface area contributed by atoms with Crippen LogP contribution in [0.4, 0.5) is 11.4 Å². The molecule has 1 aromatic carbocycles. The molecule has 194 valence electrons. The summed E-state index contributed by atoms with van der Waals surface area (Å²) in [6.07, 6.45) is 9.43. The Morgan fingerprint density at radius 1 is 1.05 bits per heavy atom. The number of aromatic amines is 2. The third-order valence-electron chi connectivity index (χ3n) is 6.90. The van der Waals surface area contributed by atoms with Crippen molar-refractivity contribution in [1.82, 2.24) is 30.1 Å². The van der Waals surface area contributed by atoms with Gasteiger partial charge >= 0.3 is 0 Å². The van der Waals surface area contributed by atoms with Crippen molar-refractivity contribution in [3.05, 3.63) is 48.9 Å². The van der Waals surface area contributed by atoms with Crippen LogP contribution in [-0.4, -0.2) is 49.1 Å². The van der Waals surface area contributed by atoms with E-state index in [2.05, 4.69) is 47.5 Å². The molecule has 6 rings (SSSR count). The number of carbonyl (C=O) groups is 1. The maximum absolute atomic E-state index is 12.4. The van der Waals surface area contributed by atoms with Gasteiger partial charge in [0.15, 0.2) is 11.5 Å². The quantitative estimate of drug-likeness (QED) is 0.271. The van der Waals surface area contributed by atoms with Crippen molar-refractivity contribution >= 4 is 39.3 Å². The molecule has 1 aliphatic heterocycles. The molecule has 0 spiro atoms. The molecule has 1 aliphatic rings. The van der Waals surface area contributed by atoms with Gasteiger partial charge in [0, 0.05) is 42.9 Å². The molecule has 4 aromatic heterocycles. The van der Waals surface area contributed by atoms with E-state index in [4.69, 9.17) is 4.98 Å². The first-order valence-electron chi connectivity index (χ1n) is 13.2. The van der Waals surface area contributed by atoms with Crippen molar-refractivity contribution in [2.45, 2.75) is 46.5 Å². The highest BCUT2D eigenvalue weighted by Gasteiger charge is 2.20. The fourth-order valence-electron chi connectivity index (χ4n) is 5.14. The number of H-pyrrole nitrogens is 2. The number of amides is 1. The van der Waals surface area contributed by atoms with Crippen molar-refractivity contribution < 1.29 is 4.79 Å². The van der Waals surface area contributed by atoms with Gasteiger partial charge in [-0.05, 0) is 54.5 Å². The van der Waals surface area contributed by atoms with Gasteiger partial charge in [0.25, 0.3) is 0 Å². The molecule has 9 nitrogen and oxygen atoms in total. The summed E-state index contributed by atoms with van der Waals surface area (Å²) in [4.78, 5) is 32.1. The minimum Gasteiger partial charge on any atom is -0.370 e. The van der Waals surface area contributed by atoms with E-state index in [1.807, 2.05) is 45.2 Å². The molecule has 5 heterocycles. The van der Waals surface area contributed by atoms with Crippen molar-refractivity contribution in [3.63, 3.8) is 0 Å². The van der Waals surface area contributed by atoms with Gasteiger partial charge in [0.2, 0.25) is 5.91 Å². The van der Waals surface area contributed by atoms with Gasteiger partial charge in [0.05, 0.1) is 23.1 Å². The van der Waals surface area contributed by atoms with Crippen LogP contribution in [0.1, 0.15) is 46.5 Å². The number of imidazole rings is 1. The van der Waals surface area contributed by atoms with Gasteiger partial charge in [-0.3, -0.25) is 14.9 Å². The molecular formula is C29H32N8O.